The fourth-order valence-electron chi connectivity index (χ4n) is 3.53. The van der Waals surface area contributed by atoms with Crippen LogP contribution in [0.15, 0.2) is 24.3 Å². The minimum Gasteiger partial charge on any atom is -0.278 e. The number of nitrogens with one attached hydrogen (secondary N) is 2. The summed E-state index contributed by atoms with van der Waals surface area (Å²) in [6, 6.07) is 7.89. The second-order valence-corrected chi connectivity index (χ2v) is 7.52. The van der Waals surface area contributed by atoms with Gasteiger partial charge in [0, 0.05) is 5.92 Å². The monoisotopic (exact) mass is 356 g/mol. The van der Waals surface area contributed by atoms with Gasteiger partial charge in [0.25, 0.3) is 5.91 Å². The lowest BCUT2D eigenvalue weighted by atomic mass is 9.89. The molecule has 130 valence electrons. The molecule has 2 heterocycles. The first kappa shape index (κ1) is 16.1. The Morgan fingerprint density at radius 1 is 1.16 bits per heavy atom. The fourth-order valence-corrected chi connectivity index (χ4v) is 4.60. The summed E-state index contributed by atoms with van der Waals surface area (Å²) in [4.78, 5) is 30.2. The maximum Gasteiger partial charge on any atom is 0.288 e. The van der Waals surface area contributed by atoms with Crippen molar-refractivity contribution in [2.24, 2.45) is 5.92 Å². The van der Waals surface area contributed by atoms with E-state index in [4.69, 9.17) is 0 Å². The summed E-state index contributed by atoms with van der Waals surface area (Å²) in [7, 11) is 0. The SMILES string of the molecule is Cc1nc2sc3ccccc3n2c1C(=O)NNC(=O)C1CCCCC1. The van der Waals surface area contributed by atoms with E-state index in [0.29, 0.717) is 11.4 Å². The number of carbonyl (C=O) groups excluding carboxylic acids is 2. The second-order valence-electron chi connectivity index (χ2n) is 6.51. The van der Waals surface area contributed by atoms with E-state index in [1.165, 1.54) is 6.42 Å². The molecule has 0 atom stereocenters. The number of amides is 2. The highest BCUT2D eigenvalue weighted by atomic mass is 32.1. The first-order valence-electron chi connectivity index (χ1n) is 8.62. The zero-order valence-electron chi connectivity index (χ0n) is 14.0. The number of aromatic nitrogens is 2. The Morgan fingerprint density at radius 3 is 2.72 bits per heavy atom. The maximum absolute atomic E-state index is 12.7. The molecule has 25 heavy (non-hydrogen) atoms. The van der Waals surface area contributed by atoms with Gasteiger partial charge < -0.3 is 0 Å². The lowest BCUT2D eigenvalue weighted by molar-refractivity contribution is -0.126. The Bertz CT molecular complexity index is 953. The minimum absolute atomic E-state index is 0.00239. The second kappa shape index (κ2) is 6.48. The Morgan fingerprint density at radius 2 is 1.92 bits per heavy atom. The smallest absolute Gasteiger partial charge is 0.278 e. The van der Waals surface area contributed by atoms with Gasteiger partial charge in [0.2, 0.25) is 5.91 Å². The van der Waals surface area contributed by atoms with Crippen LogP contribution in [0.25, 0.3) is 15.2 Å². The number of hydrogen-bond donors (Lipinski definition) is 2. The molecule has 2 aromatic heterocycles. The molecule has 0 radical (unpaired) electrons. The third-order valence-electron chi connectivity index (χ3n) is 4.82. The number of hydrogen-bond acceptors (Lipinski definition) is 4. The van der Waals surface area contributed by atoms with Crippen molar-refractivity contribution in [2.45, 2.75) is 39.0 Å². The van der Waals surface area contributed by atoms with Gasteiger partial charge in [0.15, 0.2) is 4.96 Å². The van der Waals surface area contributed by atoms with Crippen molar-refractivity contribution < 1.29 is 9.59 Å². The largest absolute Gasteiger partial charge is 0.288 e. The van der Waals surface area contributed by atoms with E-state index in [9.17, 15) is 9.59 Å². The van der Waals surface area contributed by atoms with Gasteiger partial charge in [0.05, 0.1) is 15.9 Å². The maximum atomic E-state index is 12.7. The van der Waals surface area contributed by atoms with Crippen LogP contribution < -0.4 is 10.9 Å². The average molecular weight is 356 g/mol. The summed E-state index contributed by atoms with van der Waals surface area (Å²) in [6.45, 7) is 1.81. The molecule has 1 fully saturated rings. The highest BCUT2D eigenvalue weighted by Gasteiger charge is 2.24. The number of para-hydroxylation sites is 1. The zero-order valence-corrected chi connectivity index (χ0v) is 14.9. The van der Waals surface area contributed by atoms with Crippen molar-refractivity contribution in [1.29, 1.82) is 0 Å². The van der Waals surface area contributed by atoms with Gasteiger partial charge >= 0.3 is 0 Å². The molecule has 0 saturated heterocycles. The van der Waals surface area contributed by atoms with E-state index in [2.05, 4.69) is 15.8 Å². The summed E-state index contributed by atoms with van der Waals surface area (Å²) in [6.07, 6.45) is 5.14. The van der Waals surface area contributed by atoms with Gasteiger partial charge in [0.1, 0.15) is 5.69 Å². The number of nitrogens with zero attached hydrogens (tertiary/aromatic N) is 2. The molecule has 6 nitrogen and oxygen atoms in total. The third-order valence-corrected chi connectivity index (χ3v) is 5.84. The lowest BCUT2D eigenvalue weighted by Crippen LogP contribution is -2.45. The molecule has 4 rings (SSSR count). The van der Waals surface area contributed by atoms with Gasteiger partial charge in [-0.05, 0) is 31.9 Å². The minimum atomic E-state index is -0.335. The van der Waals surface area contributed by atoms with Crippen LogP contribution in [0, 0.1) is 12.8 Å². The lowest BCUT2D eigenvalue weighted by Gasteiger charge is -2.20. The first-order chi connectivity index (χ1) is 12.1. The molecule has 7 heteroatoms. The number of aryl methyl sites for hydroxylation is 1. The molecule has 1 aliphatic carbocycles. The van der Waals surface area contributed by atoms with Crippen molar-refractivity contribution in [1.82, 2.24) is 20.2 Å². The Hall–Kier alpha value is -2.41. The summed E-state index contributed by atoms with van der Waals surface area (Å²) < 4.78 is 2.93. The van der Waals surface area contributed by atoms with Crippen molar-refractivity contribution in [3.05, 3.63) is 35.7 Å². The van der Waals surface area contributed by atoms with Crippen LogP contribution in [0.1, 0.15) is 48.3 Å². The molecule has 2 N–H and O–H groups in total. The van der Waals surface area contributed by atoms with E-state index in [0.717, 1.165) is 40.9 Å². The van der Waals surface area contributed by atoms with Crippen LogP contribution >= 0.6 is 11.3 Å². The molecule has 0 unspecified atom stereocenters. The number of rotatable bonds is 2. The van der Waals surface area contributed by atoms with Crippen molar-refractivity contribution in [2.75, 3.05) is 0 Å². The quantitative estimate of drug-likeness (QED) is 0.693. The Kier molecular flexibility index (Phi) is 4.17. The Labute approximate surface area is 149 Å². The summed E-state index contributed by atoms with van der Waals surface area (Å²) in [5, 5.41) is 0. The molecule has 0 spiro atoms. The molecule has 2 amide bonds. The first-order valence-corrected chi connectivity index (χ1v) is 9.43. The molecule has 1 aliphatic rings. The van der Waals surface area contributed by atoms with Crippen molar-refractivity contribution in [3.63, 3.8) is 0 Å². The predicted octanol–water partition coefficient (Wildman–Crippen LogP) is 3.20. The van der Waals surface area contributed by atoms with Crippen LogP contribution in [0.5, 0.6) is 0 Å². The van der Waals surface area contributed by atoms with Crippen molar-refractivity contribution >= 4 is 38.3 Å². The number of imidazole rings is 1. The van der Waals surface area contributed by atoms with E-state index >= 15 is 0 Å². The number of benzene rings is 1. The Balaban J connectivity index is 1.57. The predicted molar refractivity (Wildman–Crippen MR) is 97.5 cm³/mol. The number of fused-ring (bicyclic) bond motifs is 3. The number of carbonyl (C=O) groups is 2. The zero-order chi connectivity index (χ0) is 17.4. The van der Waals surface area contributed by atoms with Crippen molar-refractivity contribution in [3.8, 4) is 0 Å². The molecular formula is C18H20N4O2S. The van der Waals surface area contributed by atoms with E-state index < -0.39 is 0 Å². The van der Waals surface area contributed by atoms with E-state index in [-0.39, 0.29) is 17.7 Å². The van der Waals surface area contributed by atoms with Crippen LogP contribution in [0.3, 0.4) is 0 Å². The van der Waals surface area contributed by atoms with Gasteiger partial charge in [-0.2, -0.15) is 0 Å². The molecule has 0 aliphatic heterocycles. The standard InChI is InChI=1S/C18H20N4O2S/c1-11-15(17(24)21-20-16(23)12-7-3-2-4-8-12)22-13-9-5-6-10-14(13)25-18(22)19-11/h5-6,9-10,12H,2-4,7-8H2,1H3,(H,20,23)(H,21,24). The molecule has 3 aromatic rings. The van der Waals surface area contributed by atoms with E-state index in [1.807, 2.05) is 35.6 Å². The normalized spacial score (nSPS) is 15.6. The highest BCUT2D eigenvalue weighted by molar-refractivity contribution is 7.23. The van der Waals surface area contributed by atoms with Gasteiger partial charge in [-0.3, -0.25) is 24.8 Å². The van der Waals surface area contributed by atoms with E-state index in [1.54, 1.807) is 11.3 Å². The van der Waals surface area contributed by atoms with Crippen LogP contribution in [0.4, 0.5) is 0 Å². The molecular weight excluding hydrogens is 336 g/mol. The van der Waals surface area contributed by atoms with Crippen LogP contribution in [-0.4, -0.2) is 21.2 Å². The molecule has 1 saturated carbocycles. The fraction of sp³-hybridized carbons (Fsp3) is 0.389. The number of hydrazine groups is 1. The summed E-state index contributed by atoms with van der Waals surface area (Å²) >= 11 is 1.55. The molecule has 1 aromatic carbocycles. The number of thiazole rings is 1. The van der Waals surface area contributed by atoms with Gasteiger partial charge in [-0.25, -0.2) is 4.98 Å². The highest BCUT2D eigenvalue weighted by Crippen LogP contribution is 2.28. The van der Waals surface area contributed by atoms with Gasteiger partial charge in [-0.1, -0.05) is 42.7 Å². The van der Waals surface area contributed by atoms with Crippen LogP contribution in [0.2, 0.25) is 0 Å². The average Bonchev–Trinajstić information content (AvgIpc) is 3.14. The topological polar surface area (TPSA) is 75.5 Å². The summed E-state index contributed by atoms with van der Waals surface area (Å²) in [5.41, 5.74) is 7.25. The third kappa shape index (κ3) is 2.89. The molecule has 0 bridgehead atoms. The van der Waals surface area contributed by atoms with Crippen LogP contribution in [-0.2, 0) is 4.79 Å². The van der Waals surface area contributed by atoms with Gasteiger partial charge in [-0.15, -0.1) is 0 Å². The summed E-state index contributed by atoms with van der Waals surface area (Å²) in [5.74, 6) is -0.429.